The first kappa shape index (κ1) is 16.3. The molecular formula is C17H35N3. The summed E-state index contributed by atoms with van der Waals surface area (Å²) in [6, 6.07) is 0. The molecule has 0 spiro atoms. The minimum atomic E-state index is 0.283. The van der Waals surface area contributed by atoms with Crippen LogP contribution in [0.5, 0.6) is 0 Å². The zero-order valence-corrected chi connectivity index (χ0v) is 13.9. The lowest BCUT2D eigenvalue weighted by molar-refractivity contribution is 0.0190. The summed E-state index contributed by atoms with van der Waals surface area (Å²) in [4.78, 5) is 5.41. The minimum Gasteiger partial charge on any atom is -0.329 e. The van der Waals surface area contributed by atoms with E-state index in [2.05, 4.69) is 30.6 Å². The van der Waals surface area contributed by atoms with Crippen LogP contribution in [-0.4, -0.2) is 54.6 Å². The molecule has 0 aromatic carbocycles. The molecule has 0 aromatic rings. The Labute approximate surface area is 125 Å². The lowest BCUT2D eigenvalue weighted by atomic mass is 9.82. The van der Waals surface area contributed by atoms with Gasteiger partial charge in [0.15, 0.2) is 0 Å². The molecule has 0 bridgehead atoms. The van der Waals surface area contributed by atoms with Gasteiger partial charge < -0.3 is 10.6 Å². The van der Waals surface area contributed by atoms with Gasteiger partial charge in [-0.15, -0.1) is 0 Å². The second-order valence-electron chi connectivity index (χ2n) is 7.47. The Hall–Kier alpha value is -0.120. The van der Waals surface area contributed by atoms with Gasteiger partial charge in [0.2, 0.25) is 0 Å². The van der Waals surface area contributed by atoms with Crippen molar-refractivity contribution in [2.45, 2.75) is 58.4 Å². The van der Waals surface area contributed by atoms with Crippen LogP contribution in [0, 0.1) is 11.8 Å². The van der Waals surface area contributed by atoms with E-state index < -0.39 is 0 Å². The van der Waals surface area contributed by atoms with E-state index in [1.54, 1.807) is 0 Å². The molecule has 0 aliphatic carbocycles. The highest BCUT2D eigenvalue weighted by atomic mass is 15.2. The number of hydrogen-bond acceptors (Lipinski definition) is 3. The number of hydrogen-bond donors (Lipinski definition) is 1. The third-order valence-electron chi connectivity index (χ3n) is 5.47. The topological polar surface area (TPSA) is 32.5 Å². The quantitative estimate of drug-likeness (QED) is 0.859. The van der Waals surface area contributed by atoms with E-state index in [4.69, 9.17) is 5.73 Å². The lowest BCUT2D eigenvalue weighted by Crippen LogP contribution is -2.58. The number of likely N-dealkylation sites (tertiary alicyclic amines) is 2. The molecule has 0 amide bonds. The molecule has 0 aromatic heterocycles. The molecule has 2 N–H and O–H groups in total. The first-order valence-corrected chi connectivity index (χ1v) is 8.77. The van der Waals surface area contributed by atoms with Crippen LogP contribution in [-0.2, 0) is 0 Å². The third-order valence-corrected chi connectivity index (χ3v) is 5.47. The molecule has 2 aliphatic heterocycles. The Kier molecular flexibility index (Phi) is 5.88. The summed E-state index contributed by atoms with van der Waals surface area (Å²) in [7, 11) is 0. The lowest BCUT2D eigenvalue weighted by Gasteiger charge is -2.48. The largest absolute Gasteiger partial charge is 0.329 e. The fourth-order valence-corrected chi connectivity index (χ4v) is 4.47. The van der Waals surface area contributed by atoms with Crippen molar-refractivity contribution in [3.63, 3.8) is 0 Å². The Morgan fingerprint density at radius 3 is 2.40 bits per heavy atom. The van der Waals surface area contributed by atoms with E-state index in [0.29, 0.717) is 0 Å². The number of piperidine rings is 1. The summed E-state index contributed by atoms with van der Waals surface area (Å²) in [5.74, 6) is 1.66. The van der Waals surface area contributed by atoms with Crippen LogP contribution in [0.15, 0.2) is 0 Å². The highest BCUT2D eigenvalue weighted by molar-refractivity contribution is 4.97. The summed E-state index contributed by atoms with van der Waals surface area (Å²) in [6.45, 7) is 14.2. The van der Waals surface area contributed by atoms with Crippen LogP contribution in [0.1, 0.15) is 52.9 Å². The predicted octanol–water partition coefficient (Wildman–Crippen LogP) is 2.56. The van der Waals surface area contributed by atoms with Crippen LogP contribution in [0.4, 0.5) is 0 Å². The summed E-state index contributed by atoms with van der Waals surface area (Å²) in [5, 5.41) is 0. The van der Waals surface area contributed by atoms with Gasteiger partial charge in [0, 0.05) is 25.2 Å². The van der Waals surface area contributed by atoms with E-state index >= 15 is 0 Å². The van der Waals surface area contributed by atoms with Crippen LogP contribution in [0.2, 0.25) is 0 Å². The SMILES string of the molecule is CCCN1CCCC(CN)(N2CC(C)CC(C)C2)CC1. The van der Waals surface area contributed by atoms with E-state index in [1.807, 2.05) is 0 Å². The molecule has 2 saturated heterocycles. The van der Waals surface area contributed by atoms with Crippen molar-refractivity contribution in [2.75, 3.05) is 39.3 Å². The Morgan fingerprint density at radius 2 is 1.80 bits per heavy atom. The first-order chi connectivity index (χ1) is 9.59. The van der Waals surface area contributed by atoms with Gasteiger partial charge in [0.05, 0.1) is 0 Å². The molecule has 2 fully saturated rings. The van der Waals surface area contributed by atoms with Crippen molar-refractivity contribution in [1.82, 2.24) is 9.80 Å². The maximum absolute atomic E-state index is 6.29. The molecule has 20 heavy (non-hydrogen) atoms. The van der Waals surface area contributed by atoms with Gasteiger partial charge in [0.25, 0.3) is 0 Å². The van der Waals surface area contributed by atoms with Crippen molar-refractivity contribution in [3.05, 3.63) is 0 Å². The normalized spacial score (nSPS) is 37.8. The Bertz CT molecular complexity index is 284. The van der Waals surface area contributed by atoms with Crippen molar-refractivity contribution in [1.29, 1.82) is 0 Å². The minimum absolute atomic E-state index is 0.283. The van der Waals surface area contributed by atoms with Gasteiger partial charge in [-0.1, -0.05) is 20.8 Å². The molecule has 3 nitrogen and oxygen atoms in total. The van der Waals surface area contributed by atoms with Crippen molar-refractivity contribution < 1.29 is 0 Å². The monoisotopic (exact) mass is 281 g/mol. The predicted molar refractivity (Wildman–Crippen MR) is 86.9 cm³/mol. The summed E-state index contributed by atoms with van der Waals surface area (Å²) in [5.41, 5.74) is 6.57. The number of nitrogens with two attached hydrogens (primary N) is 1. The Balaban J connectivity index is 2.04. The third kappa shape index (κ3) is 3.75. The summed E-state index contributed by atoms with van der Waals surface area (Å²) < 4.78 is 0. The fourth-order valence-electron chi connectivity index (χ4n) is 4.47. The fraction of sp³-hybridized carbons (Fsp3) is 1.00. The standard InChI is InChI=1S/C17H35N3/c1-4-8-19-9-5-6-17(14-18,7-10-19)20-12-15(2)11-16(3)13-20/h15-16H,4-14,18H2,1-3H3. The maximum Gasteiger partial charge on any atom is 0.0344 e. The zero-order chi connectivity index (χ0) is 14.6. The number of rotatable bonds is 4. The van der Waals surface area contributed by atoms with E-state index in [-0.39, 0.29) is 5.54 Å². The summed E-state index contributed by atoms with van der Waals surface area (Å²) in [6.07, 6.45) is 6.54. The molecule has 3 unspecified atom stereocenters. The van der Waals surface area contributed by atoms with Crippen LogP contribution in [0.3, 0.4) is 0 Å². The van der Waals surface area contributed by atoms with Crippen LogP contribution in [0.25, 0.3) is 0 Å². The van der Waals surface area contributed by atoms with Gasteiger partial charge in [-0.25, -0.2) is 0 Å². The maximum atomic E-state index is 6.29. The van der Waals surface area contributed by atoms with Gasteiger partial charge >= 0.3 is 0 Å². The molecule has 3 heteroatoms. The van der Waals surface area contributed by atoms with Crippen LogP contribution < -0.4 is 5.73 Å². The molecule has 2 heterocycles. The molecular weight excluding hydrogens is 246 g/mol. The molecule has 118 valence electrons. The van der Waals surface area contributed by atoms with Gasteiger partial charge in [-0.3, -0.25) is 4.90 Å². The number of nitrogens with zero attached hydrogens (tertiary/aromatic N) is 2. The molecule has 0 saturated carbocycles. The van der Waals surface area contributed by atoms with Crippen molar-refractivity contribution in [3.8, 4) is 0 Å². The highest BCUT2D eigenvalue weighted by Crippen LogP contribution is 2.33. The molecule has 0 radical (unpaired) electrons. The first-order valence-electron chi connectivity index (χ1n) is 8.77. The van der Waals surface area contributed by atoms with Crippen LogP contribution >= 0.6 is 0 Å². The Morgan fingerprint density at radius 1 is 1.10 bits per heavy atom. The van der Waals surface area contributed by atoms with Gasteiger partial charge in [-0.05, 0) is 63.6 Å². The van der Waals surface area contributed by atoms with E-state index in [0.717, 1.165) is 18.4 Å². The van der Waals surface area contributed by atoms with E-state index in [1.165, 1.54) is 64.8 Å². The highest BCUT2D eigenvalue weighted by Gasteiger charge is 2.39. The molecule has 3 atom stereocenters. The average Bonchev–Trinajstić information content (AvgIpc) is 2.61. The average molecular weight is 281 g/mol. The van der Waals surface area contributed by atoms with Gasteiger partial charge in [0.1, 0.15) is 0 Å². The van der Waals surface area contributed by atoms with Crippen molar-refractivity contribution >= 4 is 0 Å². The molecule has 2 rings (SSSR count). The molecule has 2 aliphatic rings. The zero-order valence-electron chi connectivity index (χ0n) is 13.9. The summed E-state index contributed by atoms with van der Waals surface area (Å²) >= 11 is 0. The van der Waals surface area contributed by atoms with E-state index in [9.17, 15) is 0 Å². The van der Waals surface area contributed by atoms with Gasteiger partial charge in [-0.2, -0.15) is 0 Å². The second-order valence-corrected chi connectivity index (χ2v) is 7.47. The smallest absolute Gasteiger partial charge is 0.0344 e. The van der Waals surface area contributed by atoms with Crippen molar-refractivity contribution in [2.24, 2.45) is 17.6 Å². The second kappa shape index (κ2) is 7.24.